The van der Waals surface area contributed by atoms with E-state index in [0.717, 1.165) is 6.42 Å². The number of benzene rings is 1. The van der Waals surface area contributed by atoms with Crippen LogP contribution in [0.2, 0.25) is 5.02 Å². The molecule has 0 aliphatic carbocycles. The van der Waals surface area contributed by atoms with Crippen LogP contribution in [-0.2, 0) is 4.74 Å². The molecule has 1 aromatic rings. The fraction of sp³-hybridized carbons (Fsp3) is 0.417. The monoisotopic (exact) mass is 256 g/mol. The molecule has 1 atom stereocenters. The van der Waals surface area contributed by atoms with Crippen LogP contribution in [0.3, 0.4) is 0 Å². The number of thioether (sulfide) groups is 1. The van der Waals surface area contributed by atoms with E-state index in [4.69, 9.17) is 16.3 Å². The van der Waals surface area contributed by atoms with E-state index in [1.165, 1.54) is 12.2 Å². The molecule has 1 aliphatic heterocycles. The van der Waals surface area contributed by atoms with Gasteiger partial charge in [-0.1, -0.05) is 11.6 Å². The lowest BCUT2D eigenvalue weighted by Crippen LogP contribution is -2.13. The molecule has 1 heterocycles. The lowest BCUT2D eigenvalue weighted by Gasteiger charge is -2.09. The zero-order valence-corrected chi connectivity index (χ0v) is 10.4. The number of halogens is 1. The number of esters is 1. The summed E-state index contributed by atoms with van der Waals surface area (Å²) in [7, 11) is 0. The molecule has 0 saturated carbocycles. The topological polar surface area (TPSA) is 26.3 Å². The number of hydrogen-bond acceptors (Lipinski definition) is 3. The minimum absolute atomic E-state index is 0.260. The van der Waals surface area contributed by atoms with Crippen LogP contribution in [0.25, 0.3) is 0 Å². The van der Waals surface area contributed by atoms with Gasteiger partial charge in [-0.2, -0.15) is 11.8 Å². The second-order valence-electron chi connectivity index (χ2n) is 3.74. The first kappa shape index (κ1) is 11.8. The molecule has 0 unspecified atom stereocenters. The summed E-state index contributed by atoms with van der Waals surface area (Å²) < 4.78 is 5.25. The summed E-state index contributed by atoms with van der Waals surface area (Å²) in [6.07, 6.45) is 2.38. The van der Waals surface area contributed by atoms with Crippen LogP contribution in [-0.4, -0.2) is 23.6 Å². The summed E-state index contributed by atoms with van der Waals surface area (Å²) in [5, 5.41) is 1.11. The Morgan fingerprint density at radius 1 is 1.44 bits per heavy atom. The molecule has 2 nitrogen and oxygen atoms in total. The molecule has 0 spiro atoms. The van der Waals surface area contributed by atoms with E-state index >= 15 is 0 Å². The summed E-state index contributed by atoms with van der Waals surface area (Å²) in [4.78, 5) is 11.6. The molecule has 4 heteroatoms. The molecular weight excluding hydrogens is 244 g/mol. The van der Waals surface area contributed by atoms with Crippen LogP contribution < -0.4 is 0 Å². The normalized spacial score (nSPS) is 19.7. The largest absolute Gasteiger partial charge is 0.461 e. The van der Waals surface area contributed by atoms with Gasteiger partial charge in [0.15, 0.2) is 0 Å². The number of ether oxygens (including phenoxy) is 1. The lowest BCUT2D eigenvalue weighted by atomic mass is 10.2. The average Bonchev–Trinajstić information content (AvgIpc) is 2.80. The van der Waals surface area contributed by atoms with E-state index in [0.29, 0.717) is 22.4 Å². The zero-order valence-electron chi connectivity index (χ0n) is 8.82. The SMILES string of the molecule is O=C(OC[C@H]1CCCS1)c1ccc(Cl)cc1. The van der Waals surface area contributed by atoms with Gasteiger partial charge in [0.25, 0.3) is 0 Å². The summed E-state index contributed by atoms with van der Waals surface area (Å²) in [5.41, 5.74) is 0.562. The van der Waals surface area contributed by atoms with Crippen molar-refractivity contribution in [1.82, 2.24) is 0 Å². The number of carbonyl (C=O) groups is 1. The molecule has 1 fully saturated rings. The van der Waals surface area contributed by atoms with E-state index in [1.807, 2.05) is 11.8 Å². The highest BCUT2D eigenvalue weighted by atomic mass is 35.5. The van der Waals surface area contributed by atoms with Gasteiger partial charge >= 0.3 is 5.97 Å². The smallest absolute Gasteiger partial charge is 0.338 e. The van der Waals surface area contributed by atoms with E-state index in [-0.39, 0.29) is 5.97 Å². The van der Waals surface area contributed by atoms with Crippen LogP contribution in [0.4, 0.5) is 0 Å². The highest BCUT2D eigenvalue weighted by molar-refractivity contribution is 8.00. The Morgan fingerprint density at radius 3 is 2.81 bits per heavy atom. The minimum atomic E-state index is -0.260. The standard InChI is InChI=1S/C12H13ClO2S/c13-10-5-3-9(4-6-10)12(14)15-8-11-2-1-7-16-11/h3-6,11H,1-2,7-8H2/t11-/m1/s1. The van der Waals surface area contributed by atoms with E-state index in [2.05, 4.69) is 0 Å². The fourth-order valence-corrected chi connectivity index (χ4v) is 2.90. The molecule has 16 heavy (non-hydrogen) atoms. The van der Waals surface area contributed by atoms with Crippen LogP contribution in [0.1, 0.15) is 23.2 Å². The highest BCUT2D eigenvalue weighted by Crippen LogP contribution is 2.26. The molecule has 1 aromatic carbocycles. The van der Waals surface area contributed by atoms with Crippen molar-refractivity contribution in [2.75, 3.05) is 12.4 Å². The van der Waals surface area contributed by atoms with Crippen molar-refractivity contribution in [2.45, 2.75) is 18.1 Å². The Balaban J connectivity index is 1.85. The Morgan fingerprint density at radius 2 is 2.19 bits per heavy atom. The maximum Gasteiger partial charge on any atom is 0.338 e. The predicted molar refractivity (Wildman–Crippen MR) is 67.2 cm³/mol. The molecule has 0 amide bonds. The number of carbonyl (C=O) groups excluding carboxylic acids is 1. The second-order valence-corrected chi connectivity index (χ2v) is 5.59. The molecule has 1 saturated heterocycles. The maximum atomic E-state index is 11.6. The quantitative estimate of drug-likeness (QED) is 0.776. The number of hydrogen-bond donors (Lipinski definition) is 0. The van der Waals surface area contributed by atoms with Gasteiger partial charge in [-0.3, -0.25) is 0 Å². The third kappa shape index (κ3) is 3.16. The molecule has 0 aromatic heterocycles. The van der Waals surface area contributed by atoms with Crippen LogP contribution in [0.5, 0.6) is 0 Å². The van der Waals surface area contributed by atoms with Gasteiger partial charge in [-0.15, -0.1) is 0 Å². The maximum absolute atomic E-state index is 11.6. The summed E-state index contributed by atoms with van der Waals surface area (Å²) in [6, 6.07) is 6.77. The molecule has 0 bridgehead atoms. The summed E-state index contributed by atoms with van der Waals surface area (Å²) in [5.74, 6) is 0.924. The van der Waals surface area contributed by atoms with Crippen molar-refractivity contribution in [3.8, 4) is 0 Å². The van der Waals surface area contributed by atoms with Gasteiger partial charge in [-0.25, -0.2) is 4.79 Å². The minimum Gasteiger partial charge on any atom is -0.461 e. The third-order valence-corrected chi connectivity index (χ3v) is 4.12. The molecule has 86 valence electrons. The van der Waals surface area contributed by atoms with Crippen molar-refractivity contribution in [3.05, 3.63) is 34.9 Å². The molecule has 0 radical (unpaired) electrons. The number of rotatable bonds is 3. The van der Waals surface area contributed by atoms with E-state index in [1.54, 1.807) is 24.3 Å². The summed E-state index contributed by atoms with van der Waals surface area (Å²) in [6.45, 7) is 0.520. The Kier molecular flexibility index (Phi) is 4.13. The van der Waals surface area contributed by atoms with Crippen molar-refractivity contribution < 1.29 is 9.53 Å². The first-order valence-corrected chi connectivity index (χ1v) is 6.72. The second kappa shape index (κ2) is 5.60. The molecule has 0 N–H and O–H groups in total. The predicted octanol–water partition coefficient (Wildman–Crippen LogP) is 3.39. The van der Waals surface area contributed by atoms with Crippen molar-refractivity contribution >= 4 is 29.3 Å². The average molecular weight is 257 g/mol. The first-order valence-electron chi connectivity index (χ1n) is 5.30. The Hall–Kier alpha value is -0.670. The molecule has 2 rings (SSSR count). The van der Waals surface area contributed by atoms with Gasteiger partial charge in [-0.05, 0) is 42.9 Å². The fourth-order valence-electron chi connectivity index (χ4n) is 1.61. The first-order chi connectivity index (χ1) is 7.75. The van der Waals surface area contributed by atoms with E-state index < -0.39 is 0 Å². The molecular formula is C12H13ClO2S. The third-order valence-electron chi connectivity index (χ3n) is 2.50. The Bertz CT molecular complexity index is 358. The van der Waals surface area contributed by atoms with Crippen LogP contribution >= 0.6 is 23.4 Å². The van der Waals surface area contributed by atoms with Gasteiger partial charge in [0.1, 0.15) is 6.61 Å². The lowest BCUT2D eigenvalue weighted by molar-refractivity contribution is 0.0506. The van der Waals surface area contributed by atoms with Gasteiger partial charge in [0, 0.05) is 10.3 Å². The van der Waals surface area contributed by atoms with Gasteiger partial charge < -0.3 is 4.74 Å². The summed E-state index contributed by atoms with van der Waals surface area (Å²) >= 11 is 7.63. The van der Waals surface area contributed by atoms with Crippen molar-refractivity contribution in [3.63, 3.8) is 0 Å². The highest BCUT2D eigenvalue weighted by Gasteiger charge is 2.17. The Labute approximate surface area is 104 Å². The van der Waals surface area contributed by atoms with Crippen LogP contribution in [0, 0.1) is 0 Å². The van der Waals surface area contributed by atoms with Crippen LogP contribution in [0.15, 0.2) is 24.3 Å². The van der Waals surface area contributed by atoms with Gasteiger partial charge in [0.2, 0.25) is 0 Å². The molecule has 1 aliphatic rings. The van der Waals surface area contributed by atoms with Crippen molar-refractivity contribution in [2.24, 2.45) is 0 Å². The van der Waals surface area contributed by atoms with E-state index in [9.17, 15) is 4.79 Å². The zero-order chi connectivity index (χ0) is 11.4. The van der Waals surface area contributed by atoms with Gasteiger partial charge in [0.05, 0.1) is 5.56 Å². The van der Waals surface area contributed by atoms with Crippen molar-refractivity contribution in [1.29, 1.82) is 0 Å².